The van der Waals surface area contributed by atoms with Crippen molar-refractivity contribution in [2.45, 2.75) is 0 Å². The lowest BCUT2D eigenvalue weighted by molar-refractivity contribution is 0.631. The Hall–Kier alpha value is -4.50. The number of hydrogen-bond donors (Lipinski definition) is 0. The third kappa shape index (κ3) is 3.81. The van der Waals surface area contributed by atoms with Crippen LogP contribution >= 0.6 is 0 Å². The van der Waals surface area contributed by atoms with Crippen LogP contribution in [-0.2, 0) is 0 Å². The zero-order valence-corrected chi connectivity index (χ0v) is 17.8. The summed E-state index contributed by atoms with van der Waals surface area (Å²) >= 11 is 0. The molecule has 33 heavy (non-hydrogen) atoms. The Kier molecular flexibility index (Phi) is 4.78. The highest BCUT2D eigenvalue weighted by Crippen LogP contribution is 2.32. The molecule has 0 fully saturated rings. The summed E-state index contributed by atoms with van der Waals surface area (Å²) in [5.74, 6) is 0.826. The molecule has 0 bridgehead atoms. The van der Waals surface area contributed by atoms with Gasteiger partial charge in [0.25, 0.3) is 0 Å². The minimum Gasteiger partial charge on any atom is -0.456 e. The van der Waals surface area contributed by atoms with Crippen LogP contribution < -0.4 is 0 Å². The molecule has 3 heteroatoms. The van der Waals surface area contributed by atoms with Gasteiger partial charge in [-0.2, -0.15) is 0 Å². The second-order valence-electron chi connectivity index (χ2n) is 7.98. The summed E-state index contributed by atoms with van der Waals surface area (Å²) in [5, 5.41) is 1.07. The van der Waals surface area contributed by atoms with Gasteiger partial charge in [0.15, 0.2) is 0 Å². The lowest BCUT2D eigenvalue weighted by atomic mass is 10.00. The van der Waals surface area contributed by atoms with E-state index in [4.69, 9.17) is 9.40 Å². The van der Waals surface area contributed by atoms with E-state index in [1.54, 1.807) is 6.20 Å². The smallest absolute Gasteiger partial charge is 0.136 e. The molecule has 0 spiro atoms. The summed E-state index contributed by atoms with van der Waals surface area (Å²) in [4.78, 5) is 8.92. The zero-order valence-electron chi connectivity index (χ0n) is 17.8. The van der Waals surface area contributed by atoms with E-state index in [0.29, 0.717) is 0 Å². The fraction of sp³-hybridized carbons (Fsp3) is 0. The van der Waals surface area contributed by atoms with Crippen LogP contribution in [0.15, 0.2) is 126 Å². The van der Waals surface area contributed by atoms with Crippen LogP contribution in [0, 0.1) is 0 Å². The number of benzene rings is 3. The Labute approximate surface area is 192 Å². The van der Waals surface area contributed by atoms with E-state index in [1.807, 2.05) is 48.8 Å². The van der Waals surface area contributed by atoms with Crippen LogP contribution in [0.1, 0.15) is 0 Å². The minimum atomic E-state index is 0.826. The van der Waals surface area contributed by atoms with Crippen LogP contribution in [0.4, 0.5) is 0 Å². The Morgan fingerprint density at radius 1 is 0.515 bits per heavy atom. The summed E-state index contributed by atoms with van der Waals surface area (Å²) < 4.78 is 6.04. The highest BCUT2D eigenvalue weighted by atomic mass is 16.3. The molecule has 0 radical (unpaired) electrons. The lowest BCUT2D eigenvalue weighted by Gasteiger charge is -2.07. The Bertz CT molecular complexity index is 1540. The number of rotatable bonds is 4. The molecule has 0 unspecified atom stereocenters. The number of pyridine rings is 2. The first-order chi connectivity index (χ1) is 16.3. The predicted octanol–water partition coefficient (Wildman–Crippen LogP) is 7.89. The minimum absolute atomic E-state index is 0.826. The standard InChI is InChI=1S/C30H20N2O/c1-2-6-21(7-3-1)25-11-13-28(32-20-25)24-9-4-8-22(16-24)23-12-14-29-27(17-23)18-30(33-29)26-10-5-15-31-19-26/h1-20H. The number of hydrogen-bond acceptors (Lipinski definition) is 3. The molecule has 0 atom stereocenters. The molecule has 0 N–H and O–H groups in total. The third-order valence-electron chi connectivity index (χ3n) is 5.82. The number of nitrogens with zero attached hydrogens (tertiary/aromatic N) is 2. The number of aromatic nitrogens is 2. The molecular weight excluding hydrogens is 404 g/mol. The maximum absolute atomic E-state index is 6.04. The van der Waals surface area contributed by atoms with E-state index in [1.165, 1.54) is 5.56 Å². The largest absolute Gasteiger partial charge is 0.456 e. The Morgan fingerprint density at radius 3 is 2.12 bits per heavy atom. The highest BCUT2D eigenvalue weighted by Gasteiger charge is 2.09. The van der Waals surface area contributed by atoms with Gasteiger partial charge in [0, 0.05) is 40.7 Å². The highest BCUT2D eigenvalue weighted by molar-refractivity contribution is 5.87. The molecule has 0 aliphatic heterocycles. The maximum Gasteiger partial charge on any atom is 0.136 e. The van der Waals surface area contributed by atoms with Crippen molar-refractivity contribution < 1.29 is 4.42 Å². The topological polar surface area (TPSA) is 38.9 Å². The number of furan rings is 1. The fourth-order valence-corrected chi connectivity index (χ4v) is 4.10. The average molecular weight is 425 g/mol. The predicted molar refractivity (Wildman–Crippen MR) is 134 cm³/mol. The normalized spacial score (nSPS) is 11.0. The van der Waals surface area contributed by atoms with Crippen molar-refractivity contribution in [2.24, 2.45) is 0 Å². The van der Waals surface area contributed by atoms with Crippen molar-refractivity contribution in [3.8, 4) is 44.8 Å². The molecular formula is C30H20N2O. The maximum atomic E-state index is 6.04. The molecule has 6 aromatic rings. The van der Waals surface area contributed by atoms with Gasteiger partial charge < -0.3 is 4.42 Å². The average Bonchev–Trinajstić information content (AvgIpc) is 3.34. The molecule has 3 nitrogen and oxygen atoms in total. The monoisotopic (exact) mass is 424 g/mol. The summed E-state index contributed by atoms with van der Waals surface area (Å²) in [6, 6.07) is 35.3. The number of fused-ring (bicyclic) bond motifs is 1. The van der Waals surface area contributed by atoms with E-state index in [9.17, 15) is 0 Å². The summed E-state index contributed by atoms with van der Waals surface area (Å²) in [6.45, 7) is 0. The molecule has 0 aliphatic carbocycles. The zero-order chi connectivity index (χ0) is 22.0. The Balaban J connectivity index is 1.32. The fourth-order valence-electron chi connectivity index (χ4n) is 4.10. The summed E-state index contributed by atoms with van der Waals surface area (Å²) in [6.07, 6.45) is 5.52. The van der Waals surface area contributed by atoms with Gasteiger partial charge in [0.05, 0.1) is 5.69 Å². The molecule has 0 saturated carbocycles. The third-order valence-corrected chi connectivity index (χ3v) is 5.82. The second kappa shape index (κ2) is 8.21. The van der Waals surface area contributed by atoms with Crippen molar-refractivity contribution in [3.05, 3.63) is 122 Å². The second-order valence-corrected chi connectivity index (χ2v) is 7.98. The lowest BCUT2D eigenvalue weighted by Crippen LogP contribution is -1.86. The van der Waals surface area contributed by atoms with Gasteiger partial charge >= 0.3 is 0 Å². The van der Waals surface area contributed by atoms with Crippen LogP contribution in [0.5, 0.6) is 0 Å². The van der Waals surface area contributed by atoms with E-state index in [0.717, 1.165) is 50.2 Å². The van der Waals surface area contributed by atoms with Gasteiger partial charge in [0.2, 0.25) is 0 Å². The Morgan fingerprint density at radius 2 is 1.30 bits per heavy atom. The molecule has 3 aromatic heterocycles. The quantitative estimate of drug-likeness (QED) is 0.289. The van der Waals surface area contributed by atoms with Gasteiger partial charge in [0.1, 0.15) is 11.3 Å². The SMILES string of the molecule is c1ccc(-c2ccc(-c3cccc(-c4ccc5oc(-c6cccnc6)cc5c4)c3)nc2)cc1. The van der Waals surface area contributed by atoms with Crippen LogP contribution in [0.25, 0.3) is 55.8 Å². The van der Waals surface area contributed by atoms with E-state index < -0.39 is 0 Å². The summed E-state index contributed by atoms with van der Waals surface area (Å²) in [7, 11) is 0. The molecule has 0 saturated heterocycles. The molecule has 3 aromatic carbocycles. The van der Waals surface area contributed by atoms with Gasteiger partial charge in [-0.15, -0.1) is 0 Å². The van der Waals surface area contributed by atoms with Gasteiger partial charge in [-0.25, -0.2) is 0 Å². The van der Waals surface area contributed by atoms with Crippen molar-refractivity contribution in [2.75, 3.05) is 0 Å². The molecule has 0 amide bonds. The van der Waals surface area contributed by atoms with Gasteiger partial charge in [-0.1, -0.05) is 60.7 Å². The van der Waals surface area contributed by atoms with Gasteiger partial charge in [-0.3, -0.25) is 9.97 Å². The van der Waals surface area contributed by atoms with Crippen LogP contribution in [0.3, 0.4) is 0 Å². The van der Waals surface area contributed by atoms with E-state index >= 15 is 0 Å². The molecule has 6 rings (SSSR count). The first kappa shape index (κ1) is 19.2. The van der Waals surface area contributed by atoms with Crippen LogP contribution in [0.2, 0.25) is 0 Å². The van der Waals surface area contributed by atoms with Crippen molar-refractivity contribution >= 4 is 11.0 Å². The van der Waals surface area contributed by atoms with Crippen molar-refractivity contribution in [1.29, 1.82) is 0 Å². The molecule has 3 heterocycles. The first-order valence-corrected chi connectivity index (χ1v) is 10.9. The molecule has 0 aliphatic rings. The first-order valence-electron chi connectivity index (χ1n) is 10.9. The van der Waals surface area contributed by atoms with E-state index in [2.05, 4.69) is 71.7 Å². The molecule has 156 valence electrons. The van der Waals surface area contributed by atoms with Gasteiger partial charge in [-0.05, 0) is 59.2 Å². The van der Waals surface area contributed by atoms with E-state index in [-0.39, 0.29) is 0 Å². The summed E-state index contributed by atoms with van der Waals surface area (Å²) in [5.41, 5.74) is 8.47. The van der Waals surface area contributed by atoms with Crippen molar-refractivity contribution in [3.63, 3.8) is 0 Å². The van der Waals surface area contributed by atoms with Crippen molar-refractivity contribution in [1.82, 2.24) is 9.97 Å². The van der Waals surface area contributed by atoms with Crippen LogP contribution in [-0.4, -0.2) is 9.97 Å².